The minimum atomic E-state index is 0.0124. The fourth-order valence-corrected chi connectivity index (χ4v) is 2.25. The van der Waals surface area contributed by atoms with Gasteiger partial charge in [-0.05, 0) is 24.3 Å². The fraction of sp³-hybridized carbons (Fsp3) is 0.0625. The predicted molar refractivity (Wildman–Crippen MR) is 77.8 cm³/mol. The van der Waals surface area contributed by atoms with Crippen molar-refractivity contribution < 1.29 is 0 Å². The maximum absolute atomic E-state index is 12.3. The topological polar surface area (TPSA) is 26.4 Å². The van der Waals surface area contributed by atoms with Crippen LogP contribution in [0.3, 0.4) is 0 Å². The first-order valence-corrected chi connectivity index (χ1v) is 6.17. The Morgan fingerprint density at radius 1 is 0.737 bits per heavy atom. The molecule has 19 heavy (non-hydrogen) atoms. The minimum Gasteiger partial charge on any atom is -0.310 e. The quantitative estimate of drug-likeness (QED) is 0.602. The van der Waals surface area contributed by atoms with Gasteiger partial charge in [0.05, 0.1) is 11.0 Å². The first-order valence-electron chi connectivity index (χ1n) is 6.17. The molecule has 0 N–H and O–H groups in total. The molecule has 0 aliphatic heterocycles. The standard InChI is InChI=1S/C16H14N2O/c1-17-13-9-6-4-2-3-5-7-10-14(13)18-12-8-11-15(18)16(17)19/h2-12H,1H3. The van der Waals surface area contributed by atoms with Crippen LogP contribution in [-0.4, -0.2) is 8.97 Å². The summed E-state index contributed by atoms with van der Waals surface area (Å²) in [6.07, 6.45) is 1.92. The van der Waals surface area contributed by atoms with Crippen molar-refractivity contribution in [1.29, 1.82) is 0 Å². The van der Waals surface area contributed by atoms with E-state index in [4.69, 9.17) is 0 Å². The lowest BCUT2D eigenvalue weighted by atomic mass is 10.3. The van der Waals surface area contributed by atoms with E-state index in [0.29, 0.717) is 5.52 Å². The van der Waals surface area contributed by atoms with Gasteiger partial charge in [-0.1, -0.05) is 36.4 Å². The van der Waals surface area contributed by atoms with Crippen LogP contribution in [0.15, 0.2) is 71.7 Å². The Bertz CT molecular complexity index is 857. The van der Waals surface area contributed by atoms with Crippen molar-refractivity contribution in [2.45, 2.75) is 0 Å². The molecule has 0 saturated heterocycles. The lowest BCUT2D eigenvalue weighted by molar-refractivity contribution is 0.901. The number of aryl methyl sites for hydroxylation is 1. The molecular formula is C16H14N2O. The van der Waals surface area contributed by atoms with Crippen molar-refractivity contribution >= 4 is 16.6 Å². The minimum absolute atomic E-state index is 0.0124. The van der Waals surface area contributed by atoms with Crippen LogP contribution in [0.2, 0.25) is 0 Å². The molecule has 3 aromatic rings. The van der Waals surface area contributed by atoms with E-state index in [9.17, 15) is 4.79 Å². The summed E-state index contributed by atoms with van der Waals surface area (Å²) in [5, 5.41) is 0. The molecule has 0 aliphatic rings. The summed E-state index contributed by atoms with van der Waals surface area (Å²) in [4.78, 5) is 12.3. The Morgan fingerprint density at radius 3 is 2.05 bits per heavy atom. The van der Waals surface area contributed by atoms with Crippen LogP contribution < -0.4 is 5.56 Å². The molecule has 94 valence electrons. The molecule has 0 atom stereocenters. The second kappa shape index (κ2) is 4.61. The average Bonchev–Trinajstić information content (AvgIpc) is 2.91. The van der Waals surface area contributed by atoms with Gasteiger partial charge in [0.15, 0.2) is 0 Å². The highest BCUT2D eigenvalue weighted by molar-refractivity contribution is 5.77. The molecule has 0 saturated carbocycles. The van der Waals surface area contributed by atoms with Crippen molar-refractivity contribution in [1.82, 2.24) is 8.97 Å². The van der Waals surface area contributed by atoms with Gasteiger partial charge >= 0.3 is 0 Å². The molecular weight excluding hydrogens is 236 g/mol. The van der Waals surface area contributed by atoms with E-state index in [1.165, 1.54) is 0 Å². The summed E-state index contributed by atoms with van der Waals surface area (Å²) in [7, 11) is 1.80. The smallest absolute Gasteiger partial charge is 0.275 e. The van der Waals surface area contributed by atoms with Gasteiger partial charge in [-0.25, -0.2) is 0 Å². The lowest BCUT2D eigenvalue weighted by Crippen LogP contribution is -2.18. The molecule has 1 aromatic carbocycles. The largest absolute Gasteiger partial charge is 0.310 e. The molecule has 2 aromatic heterocycles. The maximum Gasteiger partial charge on any atom is 0.275 e. The second-order valence-corrected chi connectivity index (χ2v) is 4.39. The van der Waals surface area contributed by atoms with Crippen molar-refractivity contribution in [3.63, 3.8) is 0 Å². The monoisotopic (exact) mass is 250 g/mol. The van der Waals surface area contributed by atoms with Gasteiger partial charge in [-0.15, -0.1) is 0 Å². The highest BCUT2D eigenvalue weighted by Crippen LogP contribution is 2.11. The number of rotatable bonds is 0. The van der Waals surface area contributed by atoms with Crippen LogP contribution in [0.5, 0.6) is 0 Å². The van der Waals surface area contributed by atoms with Crippen LogP contribution in [0.25, 0.3) is 16.6 Å². The van der Waals surface area contributed by atoms with E-state index < -0.39 is 0 Å². The van der Waals surface area contributed by atoms with Crippen LogP contribution in [0.4, 0.5) is 0 Å². The summed E-state index contributed by atoms with van der Waals surface area (Å²) in [5.74, 6) is 0. The second-order valence-electron chi connectivity index (χ2n) is 4.39. The zero-order chi connectivity index (χ0) is 13.2. The van der Waals surface area contributed by atoms with Gasteiger partial charge in [0.2, 0.25) is 0 Å². The number of aromatic nitrogens is 2. The van der Waals surface area contributed by atoms with Crippen molar-refractivity contribution in [3.8, 4) is 0 Å². The van der Waals surface area contributed by atoms with Crippen LogP contribution >= 0.6 is 0 Å². The van der Waals surface area contributed by atoms with Crippen LogP contribution in [0.1, 0.15) is 0 Å². The van der Waals surface area contributed by atoms with Gasteiger partial charge in [0, 0.05) is 13.2 Å². The SMILES string of the molecule is Cn1c(=O)c2cccn2c2ccccccccc21. The molecule has 3 nitrogen and oxygen atoms in total. The van der Waals surface area contributed by atoms with Gasteiger partial charge in [-0.3, -0.25) is 4.79 Å². The van der Waals surface area contributed by atoms with Crippen molar-refractivity contribution in [2.24, 2.45) is 7.05 Å². The average molecular weight is 250 g/mol. The zero-order valence-electron chi connectivity index (χ0n) is 10.7. The van der Waals surface area contributed by atoms with Crippen LogP contribution in [0, 0.1) is 0 Å². The third kappa shape index (κ3) is 1.89. The molecule has 0 amide bonds. The normalized spacial score (nSPS) is 10.6. The Hall–Kier alpha value is -2.55. The summed E-state index contributed by atoms with van der Waals surface area (Å²) < 4.78 is 3.61. The molecule has 0 radical (unpaired) electrons. The number of hydrogen-bond donors (Lipinski definition) is 0. The number of hydrogen-bond acceptors (Lipinski definition) is 1. The zero-order valence-corrected chi connectivity index (χ0v) is 10.7. The molecule has 0 fully saturated rings. The fourth-order valence-electron chi connectivity index (χ4n) is 2.25. The van der Waals surface area contributed by atoms with Gasteiger partial charge in [0.25, 0.3) is 5.56 Å². The van der Waals surface area contributed by atoms with Crippen molar-refractivity contribution in [2.75, 3.05) is 0 Å². The molecule has 3 rings (SSSR count). The van der Waals surface area contributed by atoms with Crippen LogP contribution in [-0.2, 0) is 7.05 Å². The first-order chi connectivity index (χ1) is 9.29. The highest BCUT2D eigenvalue weighted by atomic mass is 16.1. The Balaban J connectivity index is 2.64. The summed E-state index contributed by atoms with van der Waals surface area (Å²) in [6, 6.07) is 19.5. The van der Waals surface area contributed by atoms with E-state index in [2.05, 4.69) is 0 Å². The molecule has 0 aliphatic carbocycles. The summed E-state index contributed by atoms with van der Waals surface area (Å²) >= 11 is 0. The Morgan fingerprint density at radius 2 is 1.32 bits per heavy atom. The third-order valence-corrected chi connectivity index (χ3v) is 3.22. The Labute approximate surface area is 110 Å². The molecule has 2 heterocycles. The van der Waals surface area contributed by atoms with Crippen molar-refractivity contribution in [3.05, 3.63) is 77.2 Å². The maximum atomic E-state index is 12.3. The lowest BCUT2D eigenvalue weighted by Gasteiger charge is -2.06. The molecule has 3 heteroatoms. The van der Waals surface area contributed by atoms with E-state index in [-0.39, 0.29) is 5.56 Å². The first kappa shape index (κ1) is 11.5. The van der Waals surface area contributed by atoms with Gasteiger partial charge < -0.3 is 8.97 Å². The van der Waals surface area contributed by atoms with E-state index in [0.717, 1.165) is 11.0 Å². The molecule has 0 spiro atoms. The molecule has 0 unspecified atom stereocenters. The van der Waals surface area contributed by atoms with Gasteiger partial charge in [0.1, 0.15) is 5.52 Å². The van der Waals surface area contributed by atoms with E-state index in [1.54, 1.807) is 11.6 Å². The summed E-state index contributed by atoms with van der Waals surface area (Å²) in [6.45, 7) is 0. The molecule has 0 bridgehead atoms. The Kier molecular flexibility index (Phi) is 2.80. The van der Waals surface area contributed by atoms with E-state index in [1.807, 2.05) is 71.3 Å². The third-order valence-electron chi connectivity index (χ3n) is 3.22. The number of fused-ring (bicyclic) bond motifs is 3. The van der Waals surface area contributed by atoms with E-state index >= 15 is 0 Å². The summed E-state index contributed by atoms with van der Waals surface area (Å²) in [5.41, 5.74) is 2.59. The number of nitrogens with zero attached hydrogens (tertiary/aromatic N) is 2. The predicted octanol–water partition coefficient (Wildman–Crippen LogP) is 2.92. The highest BCUT2D eigenvalue weighted by Gasteiger charge is 2.05. The van der Waals surface area contributed by atoms with Gasteiger partial charge in [-0.2, -0.15) is 0 Å².